The first-order valence-electron chi connectivity index (χ1n) is 10.1. The van der Waals surface area contributed by atoms with Gasteiger partial charge in [0.15, 0.2) is 6.10 Å². The summed E-state index contributed by atoms with van der Waals surface area (Å²) in [5.41, 5.74) is -1.23. The van der Waals surface area contributed by atoms with Gasteiger partial charge in [-0.05, 0) is 70.1 Å². The third kappa shape index (κ3) is 3.20. The molecule has 5 rings (SSSR count). The molecular weight excluding hydrogens is 318 g/mol. The molecule has 0 unspecified atom stereocenters. The van der Waals surface area contributed by atoms with Gasteiger partial charge >= 0.3 is 5.97 Å². The summed E-state index contributed by atoms with van der Waals surface area (Å²) < 4.78 is 5.69. The van der Waals surface area contributed by atoms with Crippen molar-refractivity contribution in [2.75, 3.05) is 13.1 Å². The first-order valence-corrected chi connectivity index (χ1v) is 10.1. The summed E-state index contributed by atoms with van der Waals surface area (Å²) in [5, 5.41) is 10.8. The summed E-state index contributed by atoms with van der Waals surface area (Å²) in [6.45, 7) is 3.26. The van der Waals surface area contributed by atoms with Crippen LogP contribution in [0, 0.1) is 17.3 Å². The largest absolute Gasteiger partial charge is 0.452 e. The second kappa shape index (κ2) is 6.26. The van der Waals surface area contributed by atoms with E-state index in [0.717, 1.165) is 58.0 Å². The molecule has 5 heteroatoms. The minimum Gasteiger partial charge on any atom is -0.452 e. The van der Waals surface area contributed by atoms with E-state index in [1.807, 2.05) is 4.90 Å². The van der Waals surface area contributed by atoms with E-state index in [1.165, 1.54) is 12.8 Å². The van der Waals surface area contributed by atoms with Crippen molar-refractivity contribution in [3.63, 3.8) is 0 Å². The van der Waals surface area contributed by atoms with E-state index in [0.29, 0.717) is 18.3 Å². The Morgan fingerprint density at radius 2 is 1.64 bits per heavy atom. The number of hydrogen-bond acceptors (Lipinski definition) is 4. The number of carbonyl (C=O) groups is 2. The minimum atomic E-state index is -0.715. The molecule has 5 fully saturated rings. The SMILES string of the molecule is C[C@@H](OC(=O)C12C[C@H]3C[C@@H](CC(O)(C3)C1)C2)C(=O)N1CCCCCC1. The van der Waals surface area contributed by atoms with Gasteiger partial charge in [0, 0.05) is 13.1 Å². The van der Waals surface area contributed by atoms with Crippen LogP contribution in [0.3, 0.4) is 0 Å². The van der Waals surface area contributed by atoms with Crippen LogP contribution in [0.4, 0.5) is 0 Å². The molecular formula is C20H31NO4. The normalized spacial score (nSPS) is 41.3. The Morgan fingerprint density at radius 3 is 2.20 bits per heavy atom. The van der Waals surface area contributed by atoms with Gasteiger partial charge in [-0.25, -0.2) is 0 Å². The highest BCUT2D eigenvalue weighted by Gasteiger charge is 2.61. The summed E-state index contributed by atoms with van der Waals surface area (Å²) >= 11 is 0. The second-order valence-electron chi connectivity index (χ2n) is 9.25. The molecule has 3 atom stereocenters. The first-order chi connectivity index (χ1) is 11.9. The molecule has 0 aromatic heterocycles. The zero-order chi connectivity index (χ0) is 17.7. The molecule has 4 bridgehead atoms. The number of aliphatic hydroxyl groups is 1. The summed E-state index contributed by atoms with van der Waals surface area (Å²) in [5.74, 6) is 0.584. The van der Waals surface area contributed by atoms with E-state index in [4.69, 9.17) is 4.74 Å². The lowest BCUT2D eigenvalue weighted by Gasteiger charge is -2.58. The number of hydrogen-bond donors (Lipinski definition) is 1. The van der Waals surface area contributed by atoms with E-state index in [1.54, 1.807) is 6.92 Å². The highest BCUT2D eigenvalue weighted by atomic mass is 16.5. The van der Waals surface area contributed by atoms with Crippen molar-refractivity contribution < 1.29 is 19.4 Å². The van der Waals surface area contributed by atoms with E-state index in [2.05, 4.69) is 0 Å². The van der Waals surface area contributed by atoms with Crippen molar-refractivity contribution in [3.05, 3.63) is 0 Å². The van der Waals surface area contributed by atoms with Gasteiger partial charge in [0.1, 0.15) is 0 Å². The van der Waals surface area contributed by atoms with Crippen LogP contribution in [0.2, 0.25) is 0 Å². The minimum absolute atomic E-state index is 0.0568. The van der Waals surface area contributed by atoms with Crippen molar-refractivity contribution >= 4 is 11.9 Å². The maximum absolute atomic E-state index is 13.0. The smallest absolute Gasteiger partial charge is 0.312 e. The number of rotatable bonds is 3. The Labute approximate surface area is 150 Å². The molecule has 5 aliphatic rings. The van der Waals surface area contributed by atoms with Crippen LogP contribution < -0.4 is 0 Å². The number of amides is 1. The van der Waals surface area contributed by atoms with Crippen molar-refractivity contribution in [2.45, 2.75) is 82.8 Å². The van der Waals surface area contributed by atoms with Crippen LogP contribution in [-0.4, -0.2) is 46.7 Å². The molecule has 0 aromatic rings. The average Bonchev–Trinajstić information content (AvgIpc) is 2.80. The Bertz CT molecular complexity index is 538. The topological polar surface area (TPSA) is 66.8 Å². The van der Waals surface area contributed by atoms with Gasteiger partial charge in [-0.2, -0.15) is 0 Å². The Hall–Kier alpha value is -1.10. The fourth-order valence-electron chi connectivity index (χ4n) is 6.34. The lowest BCUT2D eigenvalue weighted by molar-refractivity contribution is -0.200. The van der Waals surface area contributed by atoms with Gasteiger partial charge in [-0.1, -0.05) is 12.8 Å². The van der Waals surface area contributed by atoms with Crippen LogP contribution in [0.25, 0.3) is 0 Å². The molecule has 0 spiro atoms. The molecule has 4 aliphatic carbocycles. The lowest BCUT2D eigenvalue weighted by Crippen LogP contribution is -2.59. The lowest BCUT2D eigenvalue weighted by atomic mass is 9.48. The summed E-state index contributed by atoms with van der Waals surface area (Å²) in [6.07, 6.45) is 8.68. The van der Waals surface area contributed by atoms with Crippen LogP contribution in [0.5, 0.6) is 0 Å². The molecule has 140 valence electrons. The van der Waals surface area contributed by atoms with Crippen molar-refractivity contribution in [1.29, 1.82) is 0 Å². The molecule has 1 N–H and O–H groups in total. The standard InChI is InChI=1S/C20H31NO4/c1-14(17(22)21-6-4-2-3-5-7-21)25-18(23)19-9-15-8-16(10-19)12-20(24,11-15)13-19/h14-16,24H,2-13H2,1H3/t14-,15-,16-,19?,20?/m1/s1. The average molecular weight is 349 g/mol. The van der Waals surface area contributed by atoms with Gasteiger partial charge < -0.3 is 14.7 Å². The highest BCUT2D eigenvalue weighted by molar-refractivity contribution is 5.85. The summed E-state index contributed by atoms with van der Waals surface area (Å²) in [7, 11) is 0. The van der Waals surface area contributed by atoms with Crippen LogP contribution in [-0.2, 0) is 14.3 Å². The van der Waals surface area contributed by atoms with Gasteiger partial charge in [-0.15, -0.1) is 0 Å². The Kier molecular flexibility index (Phi) is 4.33. The van der Waals surface area contributed by atoms with Crippen molar-refractivity contribution in [2.24, 2.45) is 17.3 Å². The number of likely N-dealkylation sites (tertiary alicyclic amines) is 1. The monoisotopic (exact) mass is 349 g/mol. The van der Waals surface area contributed by atoms with Crippen molar-refractivity contribution in [1.82, 2.24) is 4.90 Å². The maximum Gasteiger partial charge on any atom is 0.312 e. The molecule has 1 aliphatic heterocycles. The van der Waals surface area contributed by atoms with Gasteiger partial charge in [0.05, 0.1) is 11.0 Å². The third-order valence-electron chi connectivity index (χ3n) is 7.01. The molecule has 0 radical (unpaired) electrons. The van der Waals surface area contributed by atoms with Crippen LogP contribution in [0.15, 0.2) is 0 Å². The molecule has 1 amide bonds. The highest BCUT2D eigenvalue weighted by Crippen LogP contribution is 2.62. The molecule has 5 nitrogen and oxygen atoms in total. The predicted octanol–water partition coefficient (Wildman–Crippen LogP) is 2.65. The van der Waals surface area contributed by atoms with E-state index in [9.17, 15) is 14.7 Å². The van der Waals surface area contributed by atoms with Gasteiger partial charge in [0.2, 0.25) is 0 Å². The second-order valence-corrected chi connectivity index (χ2v) is 9.25. The predicted molar refractivity (Wildman–Crippen MR) is 92.7 cm³/mol. The van der Waals surface area contributed by atoms with Gasteiger partial charge in [0.25, 0.3) is 5.91 Å². The Balaban J connectivity index is 1.42. The van der Waals surface area contributed by atoms with E-state index in [-0.39, 0.29) is 11.9 Å². The van der Waals surface area contributed by atoms with E-state index < -0.39 is 17.1 Å². The van der Waals surface area contributed by atoms with Gasteiger partial charge in [-0.3, -0.25) is 9.59 Å². The fourth-order valence-corrected chi connectivity index (χ4v) is 6.34. The first kappa shape index (κ1) is 17.3. The van der Waals surface area contributed by atoms with Crippen molar-refractivity contribution in [3.8, 4) is 0 Å². The molecule has 25 heavy (non-hydrogen) atoms. The molecule has 1 saturated heterocycles. The molecule has 1 heterocycles. The number of carbonyl (C=O) groups excluding carboxylic acids is 2. The number of nitrogens with zero attached hydrogens (tertiary/aromatic N) is 1. The Morgan fingerprint density at radius 1 is 1.04 bits per heavy atom. The van der Waals surface area contributed by atoms with Crippen LogP contribution in [0.1, 0.15) is 71.1 Å². The molecule has 4 saturated carbocycles. The zero-order valence-corrected chi connectivity index (χ0v) is 15.3. The molecule has 0 aromatic carbocycles. The number of ether oxygens (including phenoxy) is 1. The summed E-state index contributed by atoms with van der Waals surface area (Å²) in [6, 6.07) is 0. The van der Waals surface area contributed by atoms with E-state index >= 15 is 0 Å². The number of esters is 1. The zero-order valence-electron chi connectivity index (χ0n) is 15.3. The quantitative estimate of drug-likeness (QED) is 0.796. The van der Waals surface area contributed by atoms with Crippen LogP contribution >= 0.6 is 0 Å². The third-order valence-corrected chi connectivity index (χ3v) is 7.01. The maximum atomic E-state index is 13.0. The summed E-state index contributed by atoms with van der Waals surface area (Å²) in [4.78, 5) is 27.5. The fraction of sp³-hybridized carbons (Fsp3) is 0.900.